The van der Waals surface area contributed by atoms with Crippen LogP contribution in [0, 0.1) is 19.8 Å². The molecular formula is C21H29IN4O. The fraction of sp³-hybridized carbons (Fsp3) is 0.381. The molecule has 0 aromatic heterocycles. The quantitative estimate of drug-likeness (QED) is 0.383. The second-order valence-corrected chi connectivity index (χ2v) is 6.92. The van der Waals surface area contributed by atoms with Gasteiger partial charge in [0, 0.05) is 25.3 Å². The lowest BCUT2D eigenvalue weighted by Crippen LogP contribution is -2.25. The van der Waals surface area contributed by atoms with E-state index in [4.69, 9.17) is 10.5 Å². The Bertz CT molecular complexity index is 794. The third-order valence-corrected chi connectivity index (χ3v) is 5.01. The Balaban J connectivity index is 0.00000261. The maximum Gasteiger partial charge on any atom is 0.193 e. The number of aliphatic imine (C=N–C) groups is 1. The van der Waals surface area contributed by atoms with E-state index < -0.39 is 0 Å². The van der Waals surface area contributed by atoms with Crippen molar-refractivity contribution in [1.82, 2.24) is 0 Å². The van der Waals surface area contributed by atoms with Crippen LogP contribution in [0.2, 0.25) is 0 Å². The van der Waals surface area contributed by atoms with E-state index in [1.165, 1.54) is 11.1 Å². The SMILES string of the molecule is COc1ccccc1N1CCC(CN=C(N)Nc2ccc(C)c(C)c2)C1.I. The van der Waals surface area contributed by atoms with E-state index in [1.807, 2.05) is 18.2 Å². The maximum atomic E-state index is 6.07. The van der Waals surface area contributed by atoms with E-state index in [1.54, 1.807) is 7.11 Å². The van der Waals surface area contributed by atoms with Gasteiger partial charge in [0.15, 0.2) is 5.96 Å². The van der Waals surface area contributed by atoms with Crippen molar-refractivity contribution in [3.8, 4) is 5.75 Å². The number of nitrogens with two attached hydrogens (primary N) is 1. The molecule has 0 saturated carbocycles. The largest absolute Gasteiger partial charge is 0.495 e. The molecule has 2 aromatic rings. The van der Waals surface area contributed by atoms with Crippen molar-refractivity contribution in [1.29, 1.82) is 0 Å². The lowest BCUT2D eigenvalue weighted by molar-refractivity contribution is 0.414. The number of hydrogen-bond acceptors (Lipinski definition) is 3. The van der Waals surface area contributed by atoms with Crippen molar-refractivity contribution in [2.75, 3.05) is 37.0 Å². The molecule has 1 aliphatic rings. The summed E-state index contributed by atoms with van der Waals surface area (Å²) in [5.74, 6) is 1.90. The normalized spacial score (nSPS) is 16.8. The van der Waals surface area contributed by atoms with Gasteiger partial charge in [-0.2, -0.15) is 0 Å². The molecule has 146 valence electrons. The zero-order valence-corrected chi connectivity index (χ0v) is 18.6. The van der Waals surface area contributed by atoms with Gasteiger partial charge < -0.3 is 20.7 Å². The minimum atomic E-state index is 0. The van der Waals surface area contributed by atoms with Gasteiger partial charge >= 0.3 is 0 Å². The number of aryl methyl sites for hydroxylation is 2. The Morgan fingerprint density at radius 1 is 1.22 bits per heavy atom. The molecule has 3 rings (SSSR count). The number of para-hydroxylation sites is 2. The molecular weight excluding hydrogens is 451 g/mol. The third kappa shape index (κ3) is 5.51. The van der Waals surface area contributed by atoms with Crippen LogP contribution in [0.3, 0.4) is 0 Å². The summed E-state index contributed by atoms with van der Waals surface area (Å²) in [5, 5.41) is 3.19. The van der Waals surface area contributed by atoms with Gasteiger partial charge in [0.05, 0.1) is 12.8 Å². The summed E-state index contributed by atoms with van der Waals surface area (Å²) in [5.41, 5.74) is 10.7. The first-order valence-corrected chi connectivity index (χ1v) is 9.09. The van der Waals surface area contributed by atoms with Crippen molar-refractivity contribution in [3.63, 3.8) is 0 Å². The average molecular weight is 480 g/mol. The lowest BCUT2D eigenvalue weighted by Gasteiger charge is -2.21. The third-order valence-electron chi connectivity index (χ3n) is 5.01. The van der Waals surface area contributed by atoms with Gasteiger partial charge in [0.1, 0.15) is 5.75 Å². The van der Waals surface area contributed by atoms with Gasteiger partial charge in [-0.25, -0.2) is 0 Å². The summed E-state index contributed by atoms with van der Waals surface area (Å²) in [6, 6.07) is 14.4. The highest BCUT2D eigenvalue weighted by atomic mass is 127. The van der Waals surface area contributed by atoms with E-state index in [2.05, 4.69) is 53.3 Å². The molecule has 3 N–H and O–H groups in total. The molecule has 1 saturated heterocycles. The van der Waals surface area contributed by atoms with Crippen LogP contribution in [0.1, 0.15) is 17.5 Å². The second kappa shape index (κ2) is 9.82. The predicted octanol–water partition coefficient (Wildman–Crippen LogP) is 4.18. The first-order valence-electron chi connectivity index (χ1n) is 9.09. The molecule has 27 heavy (non-hydrogen) atoms. The van der Waals surface area contributed by atoms with Crippen molar-refractivity contribution < 1.29 is 4.74 Å². The second-order valence-electron chi connectivity index (χ2n) is 6.92. The van der Waals surface area contributed by atoms with Gasteiger partial charge in [-0.3, -0.25) is 4.99 Å². The minimum absolute atomic E-state index is 0. The monoisotopic (exact) mass is 480 g/mol. The van der Waals surface area contributed by atoms with E-state index in [0.717, 1.165) is 43.2 Å². The molecule has 1 aliphatic heterocycles. The first kappa shape index (κ1) is 21.3. The predicted molar refractivity (Wildman–Crippen MR) is 125 cm³/mol. The topological polar surface area (TPSA) is 62.9 Å². The van der Waals surface area contributed by atoms with Crippen LogP contribution in [0.4, 0.5) is 11.4 Å². The summed E-state index contributed by atoms with van der Waals surface area (Å²) < 4.78 is 5.48. The summed E-state index contributed by atoms with van der Waals surface area (Å²) in [6.45, 7) is 6.92. The number of methoxy groups -OCH3 is 1. The van der Waals surface area contributed by atoms with Crippen LogP contribution in [0.5, 0.6) is 5.75 Å². The molecule has 6 heteroatoms. The lowest BCUT2D eigenvalue weighted by atomic mass is 10.1. The number of halogens is 1. The summed E-state index contributed by atoms with van der Waals surface area (Å²) >= 11 is 0. The smallest absolute Gasteiger partial charge is 0.193 e. The average Bonchev–Trinajstić information content (AvgIpc) is 3.12. The van der Waals surface area contributed by atoms with Crippen molar-refractivity contribution in [2.24, 2.45) is 16.6 Å². The van der Waals surface area contributed by atoms with Crippen LogP contribution in [0.15, 0.2) is 47.5 Å². The molecule has 2 aromatic carbocycles. The molecule has 1 unspecified atom stereocenters. The number of ether oxygens (including phenoxy) is 1. The van der Waals surface area contributed by atoms with Crippen LogP contribution in [-0.4, -0.2) is 32.7 Å². The van der Waals surface area contributed by atoms with Crippen LogP contribution in [-0.2, 0) is 0 Å². The number of guanidine groups is 1. The summed E-state index contributed by atoms with van der Waals surface area (Å²) in [7, 11) is 1.72. The number of nitrogens with one attached hydrogen (secondary N) is 1. The number of rotatable bonds is 5. The van der Waals surface area contributed by atoms with Crippen molar-refractivity contribution in [2.45, 2.75) is 20.3 Å². The number of anilines is 2. The van der Waals surface area contributed by atoms with Crippen LogP contribution < -0.4 is 20.7 Å². The highest BCUT2D eigenvalue weighted by Crippen LogP contribution is 2.31. The fourth-order valence-electron chi connectivity index (χ4n) is 3.33. The molecule has 5 nitrogen and oxygen atoms in total. The molecule has 1 heterocycles. The number of hydrogen-bond donors (Lipinski definition) is 2. The molecule has 0 radical (unpaired) electrons. The van der Waals surface area contributed by atoms with Gasteiger partial charge in [0.25, 0.3) is 0 Å². The molecule has 1 atom stereocenters. The Kier molecular flexibility index (Phi) is 7.77. The maximum absolute atomic E-state index is 6.07. The van der Waals surface area contributed by atoms with Crippen molar-refractivity contribution >= 4 is 41.3 Å². The molecule has 0 aliphatic carbocycles. The Morgan fingerprint density at radius 3 is 2.74 bits per heavy atom. The van der Waals surface area contributed by atoms with Gasteiger partial charge in [-0.1, -0.05) is 18.2 Å². The Labute approximate surface area is 179 Å². The fourth-order valence-corrected chi connectivity index (χ4v) is 3.33. The van der Waals surface area contributed by atoms with Crippen molar-refractivity contribution in [3.05, 3.63) is 53.6 Å². The Morgan fingerprint density at radius 2 is 2.00 bits per heavy atom. The summed E-state index contributed by atoms with van der Waals surface area (Å²) in [6.07, 6.45) is 1.11. The molecule has 0 spiro atoms. The first-order chi connectivity index (χ1) is 12.6. The van der Waals surface area contributed by atoms with Crippen LogP contribution in [0.25, 0.3) is 0 Å². The zero-order chi connectivity index (χ0) is 18.5. The summed E-state index contributed by atoms with van der Waals surface area (Å²) in [4.78, 5) is 6.92. The minimum Gasteiger partial charge on any atom is -0.495 e. The van der Waals surface area contributed by atoms with E-state index >= 15 is 0 Å². The van der Waals surface area contributed by atoms with E-state index in [9.17, 15) is 0 Å². The van der Waals surface area contributed by atoms with Gasteiger partial charge in [-0.05, 0) is 61.6 Å². The number of nitrogens with zero attached hydrogens (tertiary/aromatic N) is 2. The van der Waals surface area contributed by atoms with E-state index in [0.29, 0.717) is 11.9 Å². The standard InChI is InChI=1S/C21H28N4O.HI/c1-15-8-9-18(12-16(15)2)24-21(22)23-13-17-10-11-25(14-17)19-6-4-5-7-20(19)26-3;/h4-9,12,17H,10-11,13-14H2,1-3H3,(H3,22,23,24);1H. The zero-order valence-electron chi connectivity index (χ0n) is 16.2. The molecule has 0 amide bonds. The number of benzene rings is 2. The Hall–Kier alpha value is -1.96. The van der Waals surface area contributed by atoms with E-state index in [-0.39, 0.29) is 24.0 Å². The molecule has 1 fully saturated rings. The highest BCUT2D eigenvalue weighted by Gasteiger charge is 2.24. The molecule has 0 bridgehead atoms. The van der Waals surface area contributed by atoms with Crippen LogP contribution >= 0.6 is 24.0 Å². The van der Waals surface area contributed by atoms with Gasteiger partial charge in [0.2, 0.25) is 0 Å². The van der Waals surface area contributed by atoms with Gasteiger partial charge in [-0.15, -0.1) is 24.0 Å². The highest BCUT2D eigenvalue weighted by molar-refractivity contribution is 14.0.